The monoisotopic (exact) mass is 242 g/mol. The van der Waals surface area contributed by atoms with E-state index in [1.54, 1.807) is 11.3 Å². The van der Waals surface area contributed by atoms with Gasteiger partial charge in [-0.1, -0.05) is 6.07 Å². The number of thiol groups is 1. The summed E-state index contributed by atoms with van der Waals surface area (Å²) in [5.41, 5.74) is 0.162. The Morgan fingerprint density at radius 3 is 2.93 bits per heavy atom. The lowest BCUT2D eigenvalue weighted by Crippen LogP contribution is -2.13. The van der Waals surface area contributed by atoms with Crippen LogP contribution >= 0.6 is 24.0 Å². The van der Waals surface area contributed by atoms with Crippen molar-refractivity contribution in [2.45, 2.75) is 25.9 Å². The molecular formula is C11H14O2S2. The fourth-order valence-electron chi connectivity index (χ4n) is 1.47. The zero-order valence-electron chi connectivity index (χ0n) is 8.44. The molecule has 1 aliphatic rings. The number of carbonyl (C=O) groups is 1. The van der Waals surface area contributed by atoms with Gasteiger partial charge in [-0.3, -0.25) is 4.79 Å². The molecule has 1 aromatic rings. The van der Waals surface area contributed by atoms with Gasteiger partial charge in [-0.2, -0.15) is 12.6 Å². The highest BCUT2D eigenvalue weighted by Gasteiger charge is 2.43. The summed E-state index contributed by atoms with van der Waals surface area (Å²) in [5.74, 6) is 0.705. The van der Waals surface area contributed by atoms with E-state index >= 15 is 0 Å². The van der Waals surface area contributed by atoms with Crippen molar-refractivity contribution in [3.05, 3.63) is 22.4 Å². The summed E-state index contributed by atoms with van der Waals surface area (Å²) in [6.07, 6.45) is 2.76. The third-order valence-corrected chi connectivity index (χ3v) is 4.29. The van der Waals surface area contributed by atoms with E-state index in [4.69, 9.17) is 4.74 Å². The summed E-state index contributed by atoms with van der Waals surface area (Å²) in [6, 6.07) is 3.94. The molecule has 1 heterocycles. The Bertz CT molecular complexity index is 328. The smallest absolute Gasteiger partial charge is 0.306 e. The molecule has 0 saturated heterocycles. The maximum atomic E-state index is 11.5. The van der Waals surface area contributed by atoms with Gasteiger partial charge in [0.05, 0.1) is 6.42 Å². The van der Waals surface area contributed by atoms with E-state index in [1.165, 1.54) is 0 Å². The first-order valence-electron chi connectivity index (χ1n) is 5.03. The molecule has 0 spiro atoms. The quantitative estimate of drug-likeness (QED) is 0.635. The van der Waals surface area contributed by atoms with Crippen molar-refractivity contribution in [1.82, 2.24) is 0 Å². The third kappa shape index (κ3) is 2.98. The predicted molar refractivity (Wildman–Crippen MR) is 64.3 cm³/mol. The first-order chi connectivity index (χ1) is 7.24. The van der Waals surface area contributed by atoms with E-state index in [9.17, 15) is 4.79 Å². The van der Waals surface area contributed by atoms with Crippen LogP contribution in [-0.2, 0) is 16.1 Å². The molecule has 0 amide bonds. The van der Waals surface area contributed by atoms with E-state index in [1.807, 2.05) is 17.5 Å². The number of thiophene rings is 1. The van der Waals surface area contributed by atoms with Gasteiger partial charge < -0.3 is 4.74 Å². The third-order valence-electron chi connectivity index (χ3n) is 2.77. The molecule has 0 N–H and O–H groups in total. The summed E-state index contributed by atoms with van der Waals surface area (Å²) < 4.78 is 5.20. The maximum Gasteiger partial charge on any atom is 0.306 e. The molecule has 1 saturated carbocycles. The zero-order chi connectivity index (χ0) is 10.7. The van der Waals surface area contributed by atoms with E-state index in [2.05, 4.69) is 12.6 Å². The van der Waals surface area contributed by atoms with Crippen LogP contribution in [0.5, 0.6) is 0 Å². The summed E-state index contributed by atoms with van der Waals surface area (Å²) in [4.78, 5) is 12.6. The molecule has 0 aromatic carbocycles. The Morgan fingerprint density at radius 1 is 1.60 bits per heavy atom. The van der Waals surface area contributed by atoms with Gasteiger partial charge in [0.15, 0.2) is 0 Å². The van der Waals surface area contributed by atoms with Crippen molar-refractivity contribution in [3.63, 3.8) is 0 Å². The average molecular weight is 242 g/mol. The second-order valence-electron chi connectivity index (χ2n) is 4.07. The Balaban J connectivity index is 1.73. The Morgan fingerprint density at radius 2 is 2.40 bits per heavy atom. The van der Waals surface area contributed by atoms with Crippen molar-refractivity contribution in [3.8, 4) is 0 Å². The van der Waals surface area contributed by atoms with Crippen LogP contribution in [0.2, 0.25) is 0 Å². The van der Waals surface area contributed by atoms with Crippen molar-refractivity contribution >= 4 is 29.9 Å². The molecule has 1 aromatic heterocycles. The molecule has 82 valence electrons. The van der Waals surface area contributed by atoms with Gasteiger partial charge in [0.25, 0.3) is 0 Å². The highest BCUT2D eigenvalue weighted by molar-refractivity contribution is 7.80. The summed E-state index contributed by atoms with van der Waals surface area (Å²) in [5, 5.41) is 1.99. The van der Waals surface area contributed by atoms with Gasteiger partial charge in [0, 0.05) is 4.88 Å². The summed E-state index contributed by atoms with van der Waals surface area (Å²) in [7, 11) is 0. The van der Waals surface area contributed by atoms with Crippen molar-refractivity contribution in [2.24, 2.45) is 5.41 Å². The number of ether oxygens (including phenoxy) is 1. The molecule has 1 fully saturated rings. The second kappa shape index (κ2) is 4.58. The molecule has 0 bridgehead atoms. The lowest BCUT2D eigenvalue weighted by atomic mass is 10.1. The van der Waals surface area contributed by atoms with Crippen LogP contribution in [0.4, 0.5) is 0 Å². The molecule has 0 atom stereocenters. The SMILES string of the molecule is O=C(CC1(CS)CC1)OCc1cccs1. The lowest BCUT2D eigenvalue weighted by Gasteiger charge is -2.10. The molecule has 2 nitrogen and oxygen atoms in total. The Kier molecular flexibility index (Phi) is 3.36. The van der Waals surface area contributed by atoms with Crippen LogP contribution in [-0.4, -0.2) is 11.7 Å². The molecule has 0 radical (unpaired) electrons. The molecule has 2 rings (SSSR count). The largest absolute Gasteiger partial charge is 0.460 e. The number of hydrogen-bond donors (Lipinski definition) is 1. The van der Waals surface area contributed by atoms with Gasteiger partial charge >= 0.3 is 5.97 Å². The van der Waals surface area contributed by atoms with Crippen molar-refractivity contribution in [2.75, 3.05) is 5.75 Å². The van der Waals surface area contributed by atoms with E-state index in [0.717, 1.165) is 23.5 Å². The van der Waals surface area contributed by atoms with Crippen LogP contribution in [0.15, 0.2) is 17.5 Å². The fourth-order valence-corrected chi connectivity index (χ4v) is 2.52. The number of rotatable bonds is 5. The summed E-state index contributed by atoms with van der Waals surface area (Å²) >= 11 is 5.87. The molecule has 1 aliphatic carbocycles. The summed E-state index contributed by atoms with van der Waals surface area (Å²) in [6.45, 7) is 0.416. The minimum atomic E-state index is -0.0880. The van der Waals surface area contributed by atoms with Crippen LogP contribution in [0, 0.1) is 5.41 Å². The molecule has 0 unspecified atom stereocenters. The minimum Gasteiger partial charge on any atom is -0.460 e. The minimum absolute atomic E-state index is 0.0880. The standard InChI is InChI=1S/C11H14O2S2/c12-10(6-11(8-14)3-4-11)13-7-9-2-1-5-15-9/h1-2,5,14H,3-4,6-8H2. The molecule has 0 aliphatic heterocycles. The highest BCUT2D eigenvalue weighted by Crippen LogP contribution is 2.49. The molecule has 15 heavy (non-hydrogen) atoms. The van der Waals surface area contributed by atoms with Crippen molar-refractivity contribution < 1.29 is 9.53 Å². The normalized spacial score (nSPS) is 17.4. The Hall–Kier alpha value is -0.480. The average Bonchev–Trinajstić information content (AvgIpc) is 2.80. The highest BCUT2D eigenvalue weighted by atomic mass is 32.1. The van der Waals surface area contributed by atoms with Gasteiger partial charge in [-0.15, -0.1) is 11.3 Å². The van der Waals surface area contributed by atoms with Gasteiger partial charge in [0.2, 0.25) is 0 Å². The fraction of sp³-hybridized carbons (Fsp3) is 0.545. The van der Waals surface area contributed by atoms with Crippen LogP contribution in [0.1, 0.15) is 24.1 Å². The van der Waals surface area contributed by atoms with Gasteiger partial charge in [0.1, 0.15) is 6.61 Å². The Labute approximate surface area is 99.1 Å². The predicted octanol–water partition coefficient (Wildman–Crippen LogP) is 2.89. The van der Waals surface area contributed by atoms with Gasteiger partial charge in [-0.25, -0.2) is 0 Å². The van der Waals surface area contributed by atoms with Crippen LogP contribution < -0.4 is 0 Å². The van der Waals surface area contributed by atoms with E-state index in [-0.39, 0.29) is 11.4 Å². The molecular weight excluding hydrogens is 228 g/mol. The molecule has 4 heteroatoms. The van der Waals surface area contributed by atoms with Crippen molar-refractivity contribution in [1.29, 1.82) is 0 Å². The first kappa shape index (κ1) is 11.0. The van der Waals surface area contributed by atoms with Gasteiger partial charge in [-0.05, 0) is 35.5 Å². The second-order valence-corrected chi connectivity index (χ2v) is 5.42. The van der Waals surface area contributed by atoms with E-state index in [0.29, 0.717) is 13.0 Å². The first-order valence-corrected chi connectivity index (χ1v) is 6.54. The maximum absolute atomic E-state index is 11.5. The zero-order valence-corrected chi connectivity index (χ0v) is 10.2. The number of hydrogen-bond acceptors (Lipinski definition) is 4. The van der Waals surface area contributed by atoms with Crippen LogP contribution in [0.3, 0.4) is 0 Å². The number of carbonyl (C=O) groups excluding carboxylic acids is 1. The van der Waals surface area contributed by atoms with Crippen LogP contribution in [0.25, 0.3) is 0 Å². The topological polar surface area (TPSA) is 26.3 Å². The van der Waals surface area contributed by atoms with E-state index < -0.39 is 0 Å². The lowest BCUT2D eigenvalue weighted by molar-refractivity contribution is -0.146. The number of esters is 1.